The third-order valence-electron chi connectivity index (χ3n) is 5.02. The molecule has 0 aliphatic carbocycles. The Morgan fingerprint density at radius 1 is 1.03 bits per heavy atom. The summed E-state index contributed by atoms with van der Waals surface area (Å²) >= 11 is 1.56. The number of carbonyl (C=O) groups is 1. The van der Waals surface area contributed by atoms with Gasteiger partial charge in [0.15, 0.2) is 5.65 Å². The number of rotatable bonds is 2. The van der Waals surface area contributed by atoms with Crippen LogP contribution < -0.4 is 0 Å². The van der Waals surface area contributed by atoms with Gasteiger partial charge in [-0.25, -0.2) is 14.5 Å². The normalized spacial score (nSPS) is 13.8. The minimum atomic E-state index is 0.0312. The van der Waals surface area contributed by atoms with Crippen molar-refractivity contribution in [1.29, 1.82) is 0 Å². The summed E-state index contributed by atoms with van der Waals surface area (Å²) in [5.74, 6) is 6.29. The number of aryl methyl sites for hydroxylation is 1. The van der Waals surface area contributed by atoms with Crippen molar-refractivity contribution in [3.63, 3.8) is 0 Å². The number of fused-ring (bicyclic) bond motifs is 1. The Morgan fingerprint density at radius 2 is 1.84 bits per heavy atom. The lowest BCUT2D eigenvalue weighted by atomic mass is 10.1. The van der Waals surface area contributed by atoms with Gasteiger partial charge in [0.05, 0.1) is 41.2 Å². The molecule has 0 spiro atoms. The molecular weight excluding hydrogens is 410 g/mol. The number of hydrogen-bond donors (Lipinski definition) is 0. The average molecular weight is 430 g/mol. The van der Waals surface area contributed by atoms with Crippen LogP contribution in [-0.2, 0) is 4.74 Å². The van der Waals surface area contributed by atoms with Gasteiger partial charge in [-0.15, -0.1) is 11.3 Å². The molecule has 1 saturated heterocycles. The molecule has 1 aromatic carbocycles. The Kier molecular flexibility index (Phi) is 5.20. The first kappa shape index (κ1) is 19.4. The number of thiazole rings is 1. The van der Waals surface area contributed by atoms with Crippen LogP contribution in [-0.4, -0.2) is 56.7 Å². The molecule has 0 bridgehead atoms. The van der Waals surface area contributed by atoms with Gasteiger partial charge in [-0.05, 0) is 43.0 Å². The molecule has 0 atom stereocenters. The summed E-state index contributed by atoms with van der Waals surface area (Å²) in [4.78, 5) is 24.0. The number of carbonyl (C=O) groups excluding carboxylic acids is 1. The van der Waals surface area contributed by atoms with E-state index in [1.165, 1.54) is 0 Å². The second-order valence-electron chi connectivity index (χ2n) is 7.11. The van der Waals surface area contributed by atoms with E-state index >= 15 is 0 Å². The van der Waals surface area contributed by atoms with Crippen LogP contribution in [0, 0.1) is 18.8 Å². The van der Waals surface area contributed by atoms with Crippen LogP contribution in [0.25, 0.3) is 16.9 Å². The largest absolute Gasteiger partial charge is 0.378 e. The summed E-state index contributed by atoms with van der Waals surface area (Å²) < 4.78 is 7.06. The minimum Gasteiger partial charge on any atom is -0.378 e. The fourth-order valence-corrected chi connectivity index (χ4v) is 4.02. The van der Waals surface area contributed by atoms with E-state index in [1.807, 2.05) is 48.2 Å². The zero-order valence-electron chi connectivity index (χ0n) is 16.9. The quantitative estimate of drug-likeness (QED) is 0.458. The summed E-state index contributed by atoms with van der Waals surface area (Å²) in [6.45, 7) is 4.39. The van der Waals surface area contributed by atoms with E-state index in [2.05, 4.69) is 21.8 Å². The average Bonchev–Trinajstić information content (AvgIpc) is 3.43. The zero-order valence-corrected chi connectivity index (χ0v) is 17.7. The number of aromatic nitrogens is 4. The van der Waals surface area contributed by atoms with Crippen molar-refractivity contribution >= 4 is 22.9 Å². The molecule has 1 aliphatic heterocycles. The molecule has 0 unspecified atom stereocenters. The minimum absolute atomic E-state index is 0.0312. The number of imidazole rings is 1. The van der Waals surface area contributed by atoms with Crippen LogP contribution in [0.2, 0.25) is 0 Å². The summed E-state index contributed by atoms with van der Waals surface area (Å²) in [6.07, 6.45) is 3.49. The fourth-order valence-electron chi connectivity index (χ4n) is 3.39. The summed E-state index contributed by atoms with van der Waals surface area (Å²) in [5.41, 5.74) is 3.81. The molecule has 154 valence electrons. The SMILES string of the molecule is Cc1ncc(C#Cc2cnc3ccc(-c4ccc(C(=O)N5CCOCC5)cc4)nn23)s1. The molecule has 1 aliphatic rings. The second kappa shape index (κ2) is 8.30. The lowest BCUT2D eigenvalue weighted by Crippen LogP contribution is -2.40. The Morgan fingerprint density at radius 3 is 2.58 bits per heavy atom. The molecule has 0 N–H and O–H groups in total. The van der Waals surface area contributed by atoms with E-state index in [0.29, 0.717) is 37.6 Å². The molecule has 8 heteroatoms. The molecule has 1 amide bonds. The van der Waals surface area contributed by atoms with Gasteiger partial charge in [0.1, 0.15) is 5.69 Å². The Bertz CT molecular complexity index is 1310. The topological polar surface area (TPSA) is 72.6 Å². The van der Waals surface area contributed by atoms with Crippen LogP contribution >= 0.6 is 11.3 Å². The van der Waals surface area contributed by atoms with Crippen molar-refractivity contribution < 1.29 is 9.53 Å². The second-order valence-corrected chi connectivity index (χ2v) is 8.34. The highest BCUT2D eigenvalue weighted by atomic mass is 32.1. The number of hydrogen-bond acceptors (Lipinski definition) is 6. The number of nitrogens with zero attached hydrogens (tertiary/aromatic N) is 5. The Hall–Kier alpha value is -3.54. The smallest absolute Gasteiger partial charge is 0.254 e. The van der Waals surface area contributed by atoms with Gasteiger partial charge in [-0.2, -0.15) is 5.10 Å². The standard InChI is InChI=1S/C23H19N5O2S/c1-16-24-15-20(31-16)7-6-19-14-25-22-9-8-21(26-28(19)22)17-2-4-18(5-3-17)23(29)27-10-12-30-13-11-27/h2-5,8-9,14-15H,10-13H2,1H3. The molecule has 5 rings (SSSR count). The first-order valence-electron chi connectivity index (χ1n) is 9.94. The number of amides is 1. The van der Waals surface area contributed by atoms with Crippen molar-refractivity contribution in [2.24, 2.45) is 0 Å². The van der Waals surface area contributed by atoms with E-state index in [4.69, 9.17) is 9.84 Å². The fraction of sp³-hybridized carbons (Fsp3) is 0.217. The van der Waals surface area contributed by atoms with Gasteiger partial charge in [0.25, 0.3) is 5.91 Å². The maximum atomic E-state index is 12.6. The maximum Gasteiger partial charge on any atom is 0.254 e. The van der Waals surface area contributed by atoms with E-state index in [0.717, 1.165) is 26.8 Å². The highest BCUT2D eigenvalue weighted by molar-refractivity contribution is 7.12. The van der Waals surface area contributed by atoms with E-state index < -0.39 is 0 Å². The summed E-state index contributed by atoms with van der Waals surface area (Å²) in [7, 11) is 0. The first-order valence-corrected chi connectivity index (χ1v) is 10.8. The van der Waals surface area contributed by atoms with Crippen LogP contribution in [0.4, 0.5) is 0 Å². The summed E-state index contributed by atoms with van der Waals surface area (Å²) in [5, 5.41) is 5.70. The molecular formula is C23H19N5O2S. The van der Waals surface area contributed by atoms with Crippen LogP contribution in [0.15, 0.2) is 48.8 Å². The molecule has 7 nitrogen and oxygen atoms in total. The highest BCUT2D eigenvalue weighted by Gasteiger charge is 2.18. The van der Waals surface area contributed by atoms with E-state index in [1.54, 1.807) is 28.2 Å². The first-order chi connectivity index (χ1) is 15.2. The van der Waals surface area contributed by atoms with Crippen molar-refractivity contribution in [2.45, 2.75) is 6.92 Å². The van der Waals surface area contributed by atoms with Gasteiger partial charge < -0.3 is 9.64 Å². The lowest BCUT2D eigenvalue weighted by Gasteiger charge is -2.26. The van der Waals surface area contributed by atoms with Crippen LogP contribution in [0.5, 0.6) is 0 Å². The van der Waals surface area contributed by atoms with Gasteiger partial charge in [-0.3, -0.25) is 4.79 Å². The predicted molar refractivity (Wildman–Crippen MR) is 118 cm³/mol. The van der Waals surface area contributed by atoms with E-state index in [9.17, 15) is 4.79 Å². The predicted octanol–water partition coefficient (Wildman–Crippen LogP) is 3.03. The maximum absolute atomic E-state index is 12.6. The molecule has 31 heavy (non-hydrogen) atoms. The van der Waals surface area contributed by atoms with Crippen molar-refractivity contribution in [1.82, 2.24) is 24.5 Å². The third-order valence-corrected chi connectivity index (χ3v) is 5.85. The molecule has 0 radical (unpaired) electrons. The van der Waals surface area contributed by atoms with Gasteiger partial charge in [0.2, 0.25) is 0 Å². The van der Waals surface area contributed by atoms with Gasteiger partial charge >= 0.3 is 0 Å². The van der Waals surface area contributed by atoms with Crippen molar-refractivity contribution in [2.75, 3.05) is 26.3 Å². The molecule has 0 saturated carbocycles. The summed E-state index contributed by atoms with van der Waals surface area (Å²) in [6, 6.07) is 11.4. The zero-order chi connectivity index (χ0) is 21.2. The monoisotopic (exact) mass is 429 g/mol. The van der Waals surface area contributed by atoms with E-state index in [-0.39, 0.29) is 5.91 Å². The van der Waals surface area contributed by atoms with Crippen molar-refractivity contribution in [3.05, 3.63) is 69.9 Å². The number of benzene rings is 1. The van der Waals surface area contributed by atoms with Crippen LogP contribution in [0.3, 0.4) is 0 Å². The molecule has 3 aromatic heterocycles. The van der Waals surface area contributed by atoms with Crippen LogP contribution in [0.1, 0.15) is 25.9 Å². The van der Waals surface area contributed by atoms with Gasteiger partial charge in [-0.1, -0.05) is 12.1 Å². The van der Waals surface area contributed by atoms with Crippen molar-refractivity contribution in [3.8, 4) is 23.1 Å². The Labute approximate surface area is 183 Å². The molecule has 4 heterocycles. The molecule has 1 fully saturated rings. The van der Waals surface area contributed by atoms with Gasteiger partial charge in [0, 0.05) is 24.2 Å². The third kappa shape index (κ3) is 4.06. The lowest BCUT2D eigenvalue weighted by molar-refractivity contribution is 0.0303. The Balaban J connectivity index is 1.41. The highest BCUT2D eigenvalue weighted by Crippen LogP contribution is 2.20. The molecule has 4 aromatic rings. The number of morpholine rings is 1. The number of ether oxygens (including phenoxy) is 1.